The van der Waals surface area contributed by atoms with Gasteiger partial charge in [-0.05, 0) is 52.7 Å². The molecule has 0 aliphatic carbocycles. The second kappa shape index (κ2) is 12.0. The third-order valence-corrected chi connectivity index (χ3v) is 7.46. The molecule has 11 heteroatoms. The maximum atomic E-state index is 13.5. The first-order chi connectivity index (χ1) is 20.5. The van der Waals surface area contributed by atoms with Crippen molar-refractivity contribution in [1.29, 1.82) is 0 Å². The minimum atomic E-state index is -0.299. The Morgan fingerprint density at radius 1 is 1.05 bits per heavy atom. The number of tetrazole rings is 1. The maximum Gasteiger partial charge on any atom is 0.252 e. The van der Waals surface area contributed by atoms with E-state index >= 15 is 0 Å². The van der Waals surface area contributed by atoms with Gasteiger partial charge in [-0.3, -0.25) is 9.69 Å². The number of para-hydroxylation sites is 1. The van der Waals surface area contributed by atoms with Crippen LogP contribution in [0.2, 0.25) is 0 Å². The molecule has 10 nitrogen and oxygen atoms in total. The van der Waals surface area contributed by atoms with Crippen molar-refractivity contribution in [3.8, 4) is 17.2 Å². The molecule has 216 valence electrons. The van der Waals surface area contributed by atoms with Crippen molar-refractivity contribution < 1.29 is 18.6 Å². The summed E-state index contributed by atoms with van der Waals surface area (Å²) in [4.78, 5) is 18.6. The number of hydrogen-bond acceptors (Lipinski definition) is 8. The van der Waals surface area contributed by atoms with E-state index < -0.39 is 0 Å². The van der Waals surface area contributed by atoms with Crippen molar-refractivity contribution in [3.05, 3.63) is 105 Å². The fourth-order valence-corrected chi connectivity index (χ4v) is 5.38. The molecule has 0 saturated heterocycles. The summed E-state index contributed by atoms with van der Waals surface area (Å²) in [5, 5.41) is 13.6. The Bertz CT molecular complexity index is 1750. The summed E-state index contributed by atoms with van der Waals surface area (Å²) in [7, 11) is 1.65. The fraction of sp³-hybridized carbons (Fsp3) is 0.290. The van der Waals surface area contributed by atoms with Gasteiger partial charge in [-0.1, -0.05) is 43.7 Å². The lowest BCUT2D eigenvalue weighted by Gasteiger charge is -2.31. The van der Waals surface area contributed by atoms with E-state index in [0.29, 0.717) is 48.0 Å². The van der Waals surface area contributed by atoms with Crippen molar-refractivity contribution in [1.82, 2.24) is 30.1 Å². The number of fused-ring (bicyclic) bond motifs is 2. The van der Waals surface area contributed by atoms with E-state index in [1.165, 1.54) is 12.1 Å². The number of benzene rings is 3. The lowest BCUT2D eigenvalue weighted by Crippen LogP contribution is -2.33. The average molecular weight is 571 g/mol. The van der Waals surface area contributed by atoms with E-state index in [0.717, 1.165) is 35.1 Å². The van der Waals surface area contributed by atoms with Crippen LogP contribution in [-0.2, 0) is 19.6 Å². The van der Waals surface area contributed by atoms with Crippen LogP contribution in [0, 0.1) is 5.82 Å². The molecule has 0 amide bonds. The van der Waals surface area contributed by atoms with E-state index in [-0.39, 0.29) is 24.2 Å². The zero-order valence-corrected chi connectivity index (χ0v) is 23.4. The molecular formula is C31H31FN6O4. The SMILES string of the molecule is CCCC(c1nnnn1Cc1ccc(F)cc1)N(Cc1ccccc1OC)Cc1cc2cc3c(cc2[nH]c1=O)OCO3. The standard InChI is InChI=1S/C31H31FN6O4/c1-3-6-26(30-34-35-36-38(30)16-20-9-11-24(32)12-10-20)37(17-21-7-4-5-8-27(21)40-2)18-23-13-22-14-28-29(42-19-41-28)15-25(22)33-31(23)39/h4-5,7-15,26H,3,6,16-19H2,1-2H3,(H,33,39). The van der Waals surface area contributed by atoms with Crippen LogP contribution in [0.5, 0.6) is 17.2 Å². The Morgan fingerprint density at radius 2 is 1.81 bits per heavy atom. The monoisotopic (exact) mass is 570 g/mol. The van der Waals surface area contributed by atoms with Crippen LogP contribution >= 0.6 is 0 Å². The van der Waals surface area contributed by atoms with Crippen LogP contribution in [0.3, 0.4) is 0 Å². The molecule has 0 saturated carbocycles. The third kappa shape index (κ3) is 5.68. The molecule has 3 heterocycles. The number of pyridine rings is 1. The number of methoxy groups -OCH3 is 1. The van der Waals surface area contributed by atoms with E-state index in [1.54, 1.807) is 30.0 Å². The maximum absolute atomic E-state index is 13.5. The molecule has 1 aliphatic heterocycles. The molecule has 1 unspecified atom stereocenters. The summed E-state index contributed by atoms with van der Waals surface area (Å²) < 4.78 is 32.0. The fourth-order valence-electron chi connectivity index (χ4n) is 5.38. The van der Waals surface area contributed by atoms with Gasteiger partial charge in [0.25, 0.3) is 5.56 Å². The smallest absolute Gasteiger partial charge is 0.252 e. The van der Waals surface area contributed by atoms with Crippen molar-refractivity contribution >= 4 is 10.9 Å². The molecule has 5 aromatic rings. The van der Waals surface area contributed by atoms with Crippen LogP contribution in [-0.4, -0.2) is 44.0 Å². The van der Waals surface area contributed by atoms with Crippen molar-refractivity contribution in [2.45, 2.75) is 45.4 Å². The first-order valence-corrected chi connectivity index (χ1v) is 13.8. The first kappa shape index (κ1) is 27.4. The van der Waals surface area contributed by atoms with Crippen molar-refractivity contribution in [3.63, 3.8) is 0 Å². The summed E-state index contributed by atoms with van der Waals surface area (Å²) in [5.74, 6) is 2.38. The summed E-state index contributed by atoms with van der Waals surface area (Å²) in [5.41, 5.74) is 2.93. The van der Waals surface area contributed by atoms with Gasteiger partial charge in [-0.25, -0.2) is 9.07 Å². The minimum Gasteiger partial charge on any atom is -0.496 e. The number of hydrogen-bond donors (Lipinski definition) is 1. The van der Waals surface area contributed by atoms with Gasteiger partial charge in [0.15, 0.2) is 17.3 Å². The highest BCUT2D eigenvalue weighted by Crippen LogP contribution is 2.36. The highest BCUT2D eigenvalue weighted by Gasteiger charge is 2.28. The highest BCUT2D eigenvalue weighted by molar-refractivity contribution is 5.83. The predicted molar refractivity (Wildman–Crippen MR) is 154 cm³/mol. The topological polar surface area (TPSA) is 107 Å². The normalized spacial score (nSPS) is 13.1. The van der Waals surface area contributed by atoms with Gasteiger partial charge in [0.2, 0.25) is 6.79 Å². The van der Waals surface area contributed by atoms with Gasteiger partial charge in [0.05, 0.1) is 25.2 Å². The van der Waals surface area contributed by atoms with Crippen molar-refractivity contribution in [2.75, 3.05) is 13.9 Å². The number of ether oxygens (including phenoxy) is 3. The van der Waals surface area contributed by atoms with Gasteiger partial charge in [-0.2, -0.15) is 0 Å². The second-order valence-electron chi connectivity index (χ2n) is 10.3. The average Bonchev–Trinajstić information content (AvgIpc) is 3.65. The van der Waals surface area contributed by atoms with E-state index in [4.69, 9.17) is 14.2 Å². The Morgan fingerprint density at radius 3 is 2.60 bits per heavy atom. The molecule has 1 atom stereocenters. The molecule has 42 heavy (non-hydrogen) atoms. The molecular weight excluding hydrogens is 539 g/mol. The number of halogens is 1. The number of nitrogens with zero attached hydrogens (tertiary/aromatic N) is 5. The molecule has 0 spiro atoms. The van der Waals surface area contributed by atoms with E-state index in [1.807, 2.05) is 36.4 Å². The molecule has 6 rings (SSSR count). The van der Waals surface area contributed by atoms with Crippen LogP contribution in [0.25, 0.3) is 10.9 Å². The molecule has 3 aromatic carbocycles. The quantitative estimate of drug-likeness (QED) is 0.237. The minimum absolute atomic E-state index is 0.154. The second-order valence-corrected chi connectivity index (χ2v) is 10.3. The number of aromatic amines is 1. The Hall–Kier alpha value is -4.77. The molecule has 0 bridgehead atoms. The predicted octanol–water partition coefficient (Wildman–Crippen LogP) is 4.98. The highest BCUT2D eigenvalue weighted by atomic mass is 19.1. The lowest BCUT2D eigenvalue weighted by molar-refractivity contribution is 0.154. The van der Waals surface area contributed by atoms with Crippen LogP contribution in [0.15, 0.2) is 71.5 Å². The molecule has 1 aliphatic rings. The van der Waals surface area contributed by atoms with Crippen LogP contribution in [0.4, 0.5) is 4.39 Å². The van der Waals surface area contributed by atoms with Gasteiger partial charge < -0.3 is 19.2 Å². The Labute approximate surface area is 241 Å². The van der Waals surface area contributed by atoms with E-state index in [9.17, 15) is 9.18 Å². The van der Waals surface area contributed by atoms with E-state index in [2.05, 4.69) is 32.3 Å². The van der Waals surface area contributed by atoms with Crippen LogP contribution in [0.1, 0.15) is 48.3 Å². The van der Waals surface area contributed by atoms with Crippen LogP contribution < -0.4 is 19.8 Å². The molecule has 0 radical (unpaired) electrons. The number of rotatable bonds is 11. The summed E-state index contributed by atoms with van der Waals surface area (Å²) in [6.45, 7) is 3.45. The largest absolute Gasteiger partial charge is 0.496 e. The van der Waals surface area contributed by atoms with Crippen molar-refractivity contribution in [2.24, 2.45) is 0 Å². The Balaban J connectivity index is 1.40. The zero-order valence-electron chi connectivity index (χ0n) is 23.4. The lowest BCUT2D eigenvalue weighted by atomic mass is 10.0. The first-order valence-electron chi connectivity index (χ1n) is 13.8. The molecule has 2 aromatic heterocycles. The third-order valence-electron chi connectivity index (χ3n) is 7.46. The van der Waals surface area contributed by atoms with Gasteiger partial charge in [0, 0.05) is 35.7 Å². The summed E-state index contributed by atoms with van der Waals surface area (Å²) in [6, 6.07) is 19.5. The number of nitrogens with one attached hydrogen (secondary N) is 1. The van der Waals surface area contributed by atoms with Gasteiger partial charge in [0.1, 0.15) is 11.6 Å². The Kier molecular flexibility index (Phi) is 7.83. The summed E-state index contributed by atoms with van der Waals surface area (Å²) >= 11 is 0. The van der Waals surface area contributed by atoms with Gasteiger partial charge >= 0.3 is 0 Å². The molecule has 0 fully saturated rings. The number of H-pyrrole nitrogens is 1. The molecule has 1 N–H and O–H groups in total. The van der Waals surface area contributed by atoms with Gasteiger partial charge in [-0.15, -0.1) is 5.10 Å². The number of aromatic nitrogens is 5. The summed E-state index contributed by atoms with van der Waals surface area (Å²) in [6.07, 6.45) is 1.59. The zero-order chi connectivity index (χ0) is 29.1.